The molecular weight excluding hydrogens is 384 g/mol. The van der Waals surface area contributed by atoms with Crippen LogP contribution in [0.5, 0.6) is 11.5 Å². The first-order valence-corrected chi connectivity index (χ1v) is 8.99. The highest BCUT2D eigenvalue weighted by molar-refractivity contribution is 7.71. The van der Waals surface area contributed by atoms with Crippen molar-refractivity contribution < 1.29 is 9.47 Å². The Bertz CT molecular complexity index is 985. The molecule has 3 rings (SSSR count). The lowest BCUT2D eigenvalue weighted by Crippen LogP contribution is -2.16. The molecule has 0 amide bonds. The summed E-state index contributed by atoms with van der Waals surface area (Å²) in [5, 5.41) is 7.58. The number of rotatable bonds is 8. The number of nitrogens with one attached hydrogen (secondary N) is 2. The summed E-state index contributed by atoms with van der Waals surface area (Å²) in [7, 11) is 1.57. The predicted octanol–water partition coefficient (Wildman–Crippen LogP) is 4.58. The Labute approximate surface area is 167 Å². The van der Waals surface area contributed by atoms with E-state index in [0.29, 0.717) is 40.3 Å². The van der Waals surface area contributed by atoms with E-state index in [0.717, 1.165) is 11.1 Å². The standard InChI is InChI=1S/C19H19ClN4O2S/c1-3-9-26-17-15(20)10-13(11-16(17)25-2)12-21-24-18(22-23-19(24)27)14-7-5-4-6-8-14/h3-8,10-11,21H,1,9,12H2,2H3,(H,23,27). The molecule has 1 aromatic heterocycles. The number of benzene rings is 2. The summed E-state index contributed by atoms with van der Waals surface area (Å²) in [4.78, 5) is 0. The molecular formula is C19H19ClN4O2S. The highest BCUT2D eigenvalue weighted by Crippen LogP contribution is 2.36. The molecule has 2 aromatic carbocycles. The van der Waals surface area contributed by atoms with Gasteiger partial charge in [-0.1, -0.05) is 54.6 Å². The van der Waals surface area contributed by atoms with Crippen molar-refractivity contribution in [2.24, 2.45) is 0 Å². The molecule has 0 atom stereocenters. The predicted molar refractivity (Wildman–Crippen MR) is 110 cm³/mol. The minimum absolute atomic E-state index is 0.346. The SMILES string of the molecule is C=CCOc1c(Cl)cc(CNn2c(-c3ccccc3)n[nH]c2=S)cc1OC. The smallest absolute Gasteiger partial charge is 0.214 e. The van der Waals surface area contributed by atoms with Crippen LogP contribution in [0, 0.1) is 4.77 Å². The number of hydrogen-bond donors (Lipinski definition) is 2. The van der Waals surface area contributed by atoms with Gasteiger partial charge in [-0.05, 0) is 29.9 Å². The lowest BCUT2D eigenvalue weighted by atomic mass is 10.2. The minimum Gasteiger partial charge on any atom is -0.493 e. The van der Waals surface area contributed by atoms with Crippen LogP contribution in [0.25, 0.3) is 11.4 Å². The van der Waals surface area contributed by atoms with E-state index in [-0.39, 0.29) is 0 Å². The average Bonchev–Trinajstić information content (AvgIpc) is 3.06. The largest absolute Gasteiger partial charge is 0.493 e. The highest BCUT2D eigenvalue weighted by atomic mass is 35.5. The maximum absolute atomic E-state index is 6.36. The second-order valence-corrected chi connectivity index (χ2v) is 6.39. The van der Waals surface area contributed by atoms with Crippen molar-refractivity contribution in [2.75, 3.05) is 19.1 Å². The van der Waals surface area contributed by atoms with Gasteiger partial charge in [0, 0.05) is 5.56 Å². The Kier molecular flexibility index (Phi) is 6.16. The van der Waals surface area contributed by atoms with Gasteiger partial charge >= 0.3 is 0 Å². The first-order valence-electron chi connectivity index (χ1n) is 8.21. The van der Waals surface area contributed by atoms with Crippen molar-refractivity contribution in [1.29, 1.82) is 0 Å². The zero-order chi connectivity index (χ0) is 19.2. The van der Waals surface area contributed by atoms with E-state index in [1.807, 2.05) is 42.5 Å². The van der Waals surface area contributed by atoms with Crippen LogP contribution in [-0.2, 0) is 6.54 Å². The quantitative estimate of drug-likeness (QED) is 0.426. The molecule has 2 N–H and O–H groups in total. The normalized spacial score (nSPS) is 10.4. The summed E-state index contributed by atoms with van der Waals surface area (Å²) in [5.74, 6) is 1.75. The van der Waals surface area contributed by atoms with Crippen LogP contribution < -0.4 is 14.9 Å². The summed E-state index contributed by atoms with van der Waals surface area (Å²) in [5.41, 5.74) is 5.12. The number of nitrogens with zero attached hydrogens (tertiary/aromatic N) is 2. The summed E-state index contributed by atoms with van der Waals surface area (Å²) < 4.78 is 13.2. The number of aromatic nitrogens is 3. The third-order valence-corrected chi connectivity index (χ3v) is 4.33. The molecule has 0 saturated heterocycles. The van der Waals surface area contributed by atoms with Crippen LogP contribution in [0.1, 0.15) is 5.56 Å². The van der Waals surface area contributed by atoms with E-state index >= 15 is 0 Å². The zero-order valence-corrected chi connectivity index (χ0v) is 16.3. The molecule has 1 heterocycles. The van der Waals surface area contributed by atoms with Crippen molar-refractivity contribution in [3.8, 4) is 22.9 Å². The molecule has 0 aliphatic carbocycles. The van der Waals surface area contributed by atoms with Gasteiger partial charge in [0.25, 0.3) is 0 Å². The van der Waals surface area contributed by atoms with E-state index in [1.54, 1.807) is 17.9 Å². The number of H-pyrrole nitrogens is 1. The molecule has 0 saturated carbocycles. The first kappa shape index (κ1) is 19.0. The second kappa shape index (κ2) is 8.75. The van der Waals surface area contributed by atoms with E-state index in [4.69, 9.17) is 33.3 Å². The zero-order valence-electron chi connectivity index (χ0n) is 14.7. The van der Waals surface area contributed by atoms with Gasteiger partial charge in [0.2, 0.25) is 4.77 Å². The third kappa shape index (κ3) is 4.32. The van der Waals surface area contributed by atoms with Crippen molar-refractivity contribution >= 4 is 23.8 Å². The van der Waals surface area contributed by atoms with Crippen LogP contribution in [0.4, 0.5) is 0 Å². The summed E-state index contributed by atoms with van der Waals surface area (Å²) >= 11 is 11.7. The molecule has 0 fully saturated rings. The van der Waals surface area contributed by atoms with E-state index in [9.17, 15) is 0 Å². The molecule has 0 unspecified atom stereocenters. The highest BCUT2D eigenvalue weighted by Gasteiger charge is 2.13. The van der Waals surface area contributed by atoms with Crippen LogP contribution in [-0.4, -0.2) is 28.6 Å². The molecule has 0 spiro atoms. The number of hydrogen-bond acceptors (Lipinski definition) is 5. The van der Waals surface area contributed by atoms with Gasteiger partial charge in [0.1, 0.15) is 6.61 Å². The van der Waals surface area contributed by atoms with Gasteiger partial charge in [0.05, 0.1) is 18.7 Å². The van der Waals surface area contributed by atoms with Gasteiger partial charge in [-0.25, -0.2) is 9.77 Å². The molecule has 0 bridgehead atoms. The molecule has 0 radical (unpaired) electrons. The topological polar surface area (TPSA) is 64.1 Å². The van der Waals surface area contributed by atoms with Crippen LogP contribution in [0.2, 0.25) is 5.02 Å². The Morgan fingerprint density at radius 2 is 2.11 bits per heavy atom. The molecule has 140 valence electrons. The van der Waals surface area contributed by atoms with E-state index in [2.05, 4.69) is 22.2 Å². The number of methoxy groups -OCH3 is 1. The number of aromatic amines is 1. The Morgan fingerprint density at radius 1 is 1.33 bits per heavy atom. The first-order chi connectivity index (χ1) is 13.1. The fourth-order valence-corrected chi connectivity index (χ4v) is 3.04. The van der Waals surface area contributed by atoms with Crippen molar-refractivity contribution in [3.05, 3.63) is 70.5 Å². The van der Waals surface area contributed by atoms with Crippen LogP contribution >= 0.6 is 23.8 Å². The van der Waals surface area contributed by atoms with Crippen LogP contribution in [0.3, 0.4) is 0 Å². The fraction of sp³-hybridized carbons (Fsp3) is 0.158. The average molecular weight is 403 g/mol. The van der Waals surface area contributed by atoms with Gasteiger partial charge in [-0.2, -0.15) is 5.10 Å². The van der Waals surface area contributed by atoms with Gasteiger partial charge in [0.15, 0.2) is 17.3 Å². The monoisotopic (exact) mass is 402 g/mol. The third-order valence-electron chi connectivity index (χ3n) is 3.78. The summed E-state index contributed by atoms with van der Waals surface area (Å²) in [6, 6.07) is 13.5. The number of ether oxygens (including phenoxy) is 2. The molecule has 0 aliphatic heterocycles. The Morgan fingerprint density at radius 3 is 2.81 bits per heavy atom. The molecule has 8 heteroatoms. The molecule has 27 heavy (non-hydrogen) atoms. The van der Waals surface area contributed by atoms with Crippen molar-refractivity contribution in [2.45, 2.75) is 6.54 Å². The molecule has 6 nitrogen and oxygen atoms in total. The lowest BCUT2D eigenvalue weighted by molar-refractivity contribution is 0.326. The Balaban J connectivity index is 1.84. The van der Waals surface area contributed by atoms with Gasteiger partial charge in [-0.15, -0.1) is 0 Å². The maximum Gasteiger partial charge on any atom is 0.214 e. The van der Waals surface area contributed by atoms with Crippen molar-refractivity contribution in [3.63, 3.8) is 0 Å². The lowest BCUT2D eigenvalue weighted by Gasteiger charge is -2.15. The van der Waals surface area contributed by atoms with E-state index < -0.39 is 0 Å². The summed E-state index contributed by atoms with van der Waals surface area (Å²) in [6.07, 6.45) is 1.65. The van der Waals surface area contributed by atoms with Crippen LogP contribution in [0.15, 0.2) is 55.1 Å². The van der Waals surface area contributed by atoms with E-state index in [1.165, 1.54) is 0 Å². The minimum atomic E-state index is 0.346. The maximum atomic E-state index is 6.36. The molecule has 3 aromatic rings. The second-order valence-electron chi connectivity index (χ2n) is 5.60. The van der Waals surface area contributed by atoms with Gasteiger partial charge in [-0.3, -0.25) is 0 Å². The number of halogens is 1. The Hall–Kier alpha value is -2.77. The summed E-state index contributed by atoms with van der Waals surface area (Å²) in [6.45, 7) is 4.45. The molecule has 0 aliphatic rings. The fourth-order valence-electron chi connectivity index (χ4n) is 2.55. The van der Waals surface area contributed by atoms with Gasteiger partial charge < -0.3 is 14.9 Å². The van der Waals surface area contributed by atoms with Crippen molar-refractivity contribution in [1.82, 2.24) is 14.9 Å².